The van der Waals surface area contributed by atoms with Crippen LogP contribution in [0.1, 0.15) is 4.88 Å². The van der Waals surface area contributed by atoms with Crippen LogP contribution in [0, 0.1) is 5.82 Å². The number of nitrogens with one attached hydrogen (secondary N) is 1. The van der Waals surface area contributed by atoms with E-state index in [0.717, 1.165) is 23.5 Å². The molecule has 3 heterocycles. The number of thiophene rings is 1. The second-order valence-electron chi connectivity index (χ2n) is 5.07. The van der Waals surface area contributed by atoms with E-state index < -0.39 is 0 Å². The number of anilines is 1. The summed E-state index contributed by atoms with van der Waals surface area (Å²) < 4.78 is 15.2. The van der Waals surface area contributed by atoms with Gasteiger partial charge in [0.25, 0.3) is 0 Å². The van der Waals surface area contributed by atoms with Gasteiger partial charge in [0.1, 0.15) is 11.6 Å². The highest BCUT2D eigenvalue weighted by atomic mass is 32.1. The minimum Gasteiger partial charge on any atom is -0.365 e. The van der Waals surface area contributed by atoms with Gasteiger partial charge in [0, 0.05) is 16.6 Å². The predicted octanol–water partition coefficient (Wildman–Crippen LogP) is 4.21. The van der Waals surface area contributed by atoms with Crippen molar-refractivity contribution >= 4 is 22.8 Å². The molecule has 1 N–H and O–H groups in total. The molecule has 3 aromatic heterocycles. The zero-order valence-electron chi connectivity index (χ0n) is 12.1. The van der Waals surface area contributed by atoms with Crippen LogP contribution in [0.15, 0.2) is 60.2 Å². The number of rotatable bonds is 4. The molecule has 4 aromatic rings. The smallest absolute Gasteiger partial charge is 0.165 e. The van der Waals surface area contributed by atoms with Crippen molar-refractivity contribution in [1.29, 1.82) is 0 Å². The SMILES string of the molecule is Fc1cccc(-c2cnn3c(NCc4cccs4)ccnc23)c1. The van der Waals surface area contributed by atoms with Crippen LogP contribution in [0.25, 0.3) is 16.8 Å². The molecular formula is C17H13FN4S. The van der Waals surface area contributed by atoms with E-state index in [1.807, 2.05) is 18.2 Å². The van der Waals surface area contributed by atoms with Gasteiger partial charge >= 0.3 is 0 Å². The summed E-state index contributed by atoms with van der Waals surface area (Å²) in [5.41, 5.74) is 2.28. The van der Waals surface area contributed by atoms with Gasteiger partial charge in [0.2, 0.25) is 0 Å². The third-order valence-corrected chi connectivity index (χ3v) is 4.44. The molecule has 0 atom stereocenters. The van der Waals surface area contributed by atoms with E-state index in [1.54, 1.807) is 34.3 Å². The lowest BCUT2D eigenvalue weighted by atomic mass is 10.1. The van der Waals surface area contributed by atoms with E-state index >= 15 is 0 Å². The van der Waals surface area contributed by atoms with E-state index in [4.69, 9.17) is 0 Å². The molecular weight excluding hydrogens is 311 g/mol. The maximum atomic E-state index is 13.5. The molecule has 1 aromatic carbocycles. The van der Waals surface area contributed by atoms with Crippen molar-refractivity contribution in [2.45, 2.75) is 6.54 Å². The fraction of sp³-hybridized carbons (Fsp3) is 0.0588. The van der Waals surface area contributed by atoms with Crippen LogP contribution in [0.2, 0.25) is 0 Å². The van der Waals surface area contributed by atoms with E-state index in [2.05, 4.69) is 26.8 Å². The van der Waals surface area contributed by atoms with Gasteiger partial charge in [-0.25, -0.2) is 9.37 Å². The molecule has 0 aliphatic rings. The average Bonchev–Trinajstić information content (AvgIpc) is 3.22. The van der Waals surface area contributed by atoms with Crippen LogP contribution < -0.4 is 5.32 Å². The molecule has 0 saturated heterocycles. The highest BCUT2D eigenvalue weighted by Gasteiger charge is 2.11. The lowest BCUT2D eigenvalue weighted by Gasteiger charge is -2.07. The molecule has 0 bridgehead atoms. The average molecular weight is 324 g/mol. The maximum absolute atomic E-state index is 13.5. The molecule has 4 nitrogen and oxygen atoms in total. The Hall–Kier alpha value is -2.73. The topological polar surface area (TPSA) is 42.2 Å². The highest BCUT2D eigenvalue weighted by molar-refractivity contribution is 7.09. The lowest BCUT2D eigenvalue weighted by Crippen LogP contribution is -2.04. The Labute approximate surface area is 136 Å². The van der Waals surface area contributed by atoms with Crippen molar-refractivity contribution in [3.8, 4) is 11.1 Å². The third-order valence-electron chi connectivity index (χ3n) is 3.56. The zero-order chi connectivity index (χ0) is 15.6. The van der Waals surface area contributed by atoms with Crippen LogP contribution in [-0.4, -0.2) is 14.6 Å². The summed E-state index contributed by atoms with van der Waals surface area (Å²) in [5.74, 6) is 0.583. The van der Waals surface area contributed by atoms with Crippen molar-refractivity contribution in [3.63, 3.8) is 0 Å². The van der Waals surface area contributed by atoms with Crippen LogP contribution in [-0.2, 0) is 6.54 Å². The molecule has 23 heavy (non-hydrogen) atoms. The van der Waals surface area contributed by atoms with Crippen molar-refractivity contribution in [3.05, 3.63) is 70.9 Å². The summed E-state index contributed by atoms with van der Waals surface area (Å²) in [6.45, 7) is 0.728. The van der Waals surface area contributed by atoms with Crippen molar-refractivity contribution in [1.82, 2.24) is 14.6 Å². The first-order valence-electron chi connectivity index (χ1n) is 7.16. The van der Waals surface area contributed by atoms with Crippen LogP contribution in [0.5, 0.6) is 0 Å². The minimum atomic E-state index is -0.270. The van der Waals surface area contributed by atoms with Crippen molar-refractivity contribution in [2.75, 3.05) is 5.32 Å². The number of hydrogen-bond donors (Lipinski definition) is 1. The molecule has 0 aliphatic heterocycles. The quantitative estimate of drug-likeness (QED) is 0.611. The van der Waals surface area contributed by atoms with Crippen LogP contribution in [0.4, 0.5) is 10.2 Å². The first-order chi connectivity index (χ1) is 11.3. The number of aromatic nitrogens is 3. The second-order valence-corrected chi connectivity index (χ2v) is 6.10. The molecule has 0 saturated carbocycles. The molecule has 0 aliphatic carbocycles. The van der Waals surface area contributed by atoms with Gasteiger partial charge in [-0.05, 0) is 35.2 Å². The minimum absolute atomic E-state index is 0.270. The van der Waals surface area contributed by atoms with E-state index in [-0.39, 0.29) is 5.82 Å². The number of halogens is 1. The van der Waals surface area contributed by atoms with Gasteiger partial charge in [-0.1, -0.05) is 18.2 Å². The molecule has 0 unspecified atom stereocenters. The Morgan fingerprint density at radius 2 is 2.13 bits per heavy atom. The monoisotopic (exact) mass is 324 g/mol. The van der Waals surface area contributed by atoms with Gasteiger partial charge in [-0.3, -0.25) is 0 Å². The van der Waals surface area contributed by atoms with E-state index in [0.29, 0.717) is 5.65 Å². The Kier molecular flexibility index (Phi) is 3.51. The molecule has 0 radical (unpaired) electrons. The van der Waals surface area contributed by atoms with Gasteiger partial charge in [-0.15, -0.1) is 11.3 Å². The van der Waals surface area contributed by atoms with Gasteiger partial charge < -0.3 is 5.32 Å². The van der Waals surface area contributed by atoms with Crippen LogP contribution >= 0.6 is 11.3 Å². The zero-order valence-corrected chi connectivity index (χ0v) is 12.9. The number of fused-ring (bicyclic) bond motifs is 1. The maximum Gasteiger partial charge on any atom is 0.165 e. The second kappa shape index (κ2) is 5.81. The largest absolute Gasteiger partial charge is 0.365 e. The summed E-state index contributed by atoms with van der Waals surface area (Å²) in [5, 5.41) is 9.81. The molecule has 0 fully saturated rings. The summed E-state index contributed by atoms with van der Waals surface area (Å²) in [6, 6.07) is 12.4. The molecule has 6 heteroatoms. The molecule has 0 spiro atoms. The Bertz CT molecular complexity index is 946. The number of nitrogens with zero attached hydrogens (tertiary/aromatic N) is 3. The standard InChI is InChI=1S/C17H13FN4S/c18-13-4-1-3-12(9-13)15-11-21-22-16(6-7-19-17(15)22)20-10-14-5-2-8-23-14/h1-9,11,20H,10H2. The molecule has 114 valence electrons. The third kappa shape index (κ3) is 2.68. The molecule has 0 amide bonds. The first-order valence-corrected chi connectivity index (χ1v) is 8.04. The van der Waals surface area contributed by atoms with Crippen LogP contribution in [0.3, 0.4) is 0 Å². The summed E-state index contributed by atoms with van der Waals surface area (Å²) >= 11 is 1.70. The lowest BCUT2D eigenvalue weighted by molar-refractivity contribution is 0.628. The highest BCUT2D eigenvalue weighted by Crippen LogP contribution is 2.25. The van der Waals surface area contributed by atoms with E-state index in [1.165, 1.54) is 17.0 Å². The number of hydrogen-bond acceptors (Lipinski definition) is 4. The number of benzene rings is 1. The van der Waals surface area contributed by atoms with Crippen molar-refractivity contribution < 1.29 is 4.39 Å². The normalized spacial score (nSPS) is 11.0. The van der Waals surface area contributed by atoms with Crippen molar-refractivity contribution in [2.24, 2.45) is 0 Å². The van der Waals surface area contributed by atoms with E-state index in [9.17, 15) is 4.39 Å². The van der Waals surface area contributed by atoms with Gasteiger partial charge in [0.05, 0.1) is 12.7 Å². The fourth-order valence-corrected chi connectivity index (χ4v) is 3.12. The van der Waals surface area contributed by atoms with Gasteiger partial charge in [0.15, 0.2) is 5.65 Å². The Morgan fingerprint density at radius 3 is 2.96 bits per heavy atom. The van der Waals surface area contributed by atoms with Gasteiger partial charge in [-0.2, -0.15) is 9.61 Å². The predicted molar refractivity (Wildman–Crippen MR) is 90.0 cm³/mol. The molecule has 4 rings (SSSR count). The first kappa shape index (κ1) is 13.9. The Morgan fingerprint density at radius 1 is 1.17 bits per heavy atom. The summed E-state index contributed by atoms with van der Waals surface area (Å²) in [6.07, 6.45) is 3.45. The fourth-order valence-electron chi connectivity index (χ4n) is 2.48. The Balaban J connectivity index is 1.71. The summed E-state index contributed by atoms with van der Waals surface area (Å²) in [7, 11) is 0. The summed E-state index contributed by atoms with van der Waals surface area (Å²) in [4.78, 5) is 5.64.